The van der Waals surface area contributed by atoms with Crippen molar-refractivity contribution in [1.29, 1.82) is 0 Å². The summed E-state index contributed by atoms with van der Waals surface area (Å²) in [5.74, 6) is 2.14. The highest BCUT2D eigenvalue weighted by Gasteiger charge is 2.20. The number of para-hydroxylation sites is 1. The van der Waals surface area contributed by atoms with E-state index in [0.29, 0.717) is 18.3 Å². The summed E-state index contributed by atoms with van der Waals surface area (Å²) in [7, 11) is 0. The van der Waals surface area contributed by atoms with Crippen LogP contribution in [0.15, 0.2) is 42.7 Å². The van der Waals surface area contributed by atoms with Gasteiger partial charge >= 0.3 is 0 Å². The van der Waals surface area contributed by atoms with E-state index in [2.05, 4.69) is 53.0 Å². The van der Waals surface area contributed by atoms with Gasteiger partial charge in [-0.15, -0.1) is 0 Å². The van der Waals surface area contributed by atoms with E-state index < -0.39 is 0 Å². The molecule has 0 bridgehead atoms. The average Bonchev–Trinajstić information content (AvgIpc) is 2.75. The van der Waals surface area contributed by atoms with E-state index >= 15 is 0 Å². The van der Waals surface area contributed by atoms with Crippen molar-refractivity contribution in [2.75, 3.05) is 42.1 Å². The zero-order valence-corrected chi connectivity index (χ0v) is 16.5. The second-order valence-corrected chi connectivity index (χ2v) is 6.88. The number of nitrogens with two attached hydrogens (primary N) is 1. The lowest BCUT2D eigenvalue weighted by molar-refractivity contribution is 0.243. The third-order valence-electron chi connectivity index (χ3n) is 4.92. The summed E-state index contributed by atoms with van der Waals surface area (Å²) in [4.78, 5) is 26.3. The molecule has 0 aliphatic carbocycles. The maximum Gasteiger partial charge on any atom is 0.232 e. The van der Waals surface area contributed by atoms with Crippen LogP contribution in [0.25, 0.3) is 0 Å². The van der Waals surface area contributed by atoms with Gasteiger partial charge in [0.2, 0.25) is 17.8 Å². The van der Waals surface area contributed by atoms with Crippen molar-refractivity contribution in [3.63, 3.8) is 0 Å². The maximum atomic E-state index is 5.94. The molecule has 0 spiro atoms. The molecule has 1 aromatic carbocycles. The van der Waals surface area contributed by atoms with Crippen LogP contribution >= 0.6 is 0 Å². The molecule has 0 unspecified atom stereocenters. The zero-order chi connectivity index (χ0) is 20.1. The maximum absolute atomic E-state index is 5.94. The van der Waals surface area contributed by atoms with Gasteiger partial charge in [0.15, 0.2) is 0 Å². The third-order valence-corrected chi connectivity index (χ3v) is 4.92. The molecule has 3 N–H and O–H groups in total. The molecule has 150 valence electrons. The first-order chi connectivity index (χ1) is 14.2. The van der Waals surface area contributed by atoms with E-state index in [1.165, 1.54) is 5.56 Å². The minimum absolute atomic E-state index is 0.225. The Kier molecular flexibility index (Phi) is 5.76. The van der Waals surface area contributed by atoms with Gasteiger partial charge in [0, 0.05) is 44.3 Å². The molecule has 2 aromatic heterocycles. The van der Waals surface area contributed by atoms with Gasteiger partial charge in [0.25, 0.3) is 0 Å². The van der Waals surface area contributed by atoms with Crippen LogP contribution in [0.4, 0.5) is 23.5 Å². The van der Waals surface area contributed by atoms with Crippen molar-refractivity contribution < 1.29 is 0 Å². The molecule has 4 rings (SSSR count). The van der Waals surface area contributed by atoms with E-state index in [4.69, 9.17) is 5.73 Å². The number of nitrogens with zero attached hydrogens (tertiary/aromatic N) is 7. The Morgan fingerprint density at radius 3 is 2.48 bits per heavy atom. The fraction of sp³-hybridized carbons (Fsp3) is 0.350. The van der Waals surface area contributed by atoms with E-state index in [1.807, 2.05) is 24.3 Å². The summed E-state index contributed by atoms with van der Waals surface area (Å²) in [6.45, 7) is 6.23. The van der Waals surface area contributed by atoms with E-state index in [9.17, 15) is 0 Å². The van der Waals surface area contributed by atoms with Crippen LogP contribution in [-0.4, -0.2) is 56.0 Å². The molecule has 3 aromatic rings. The Bertz CT molecular complexity index is 940. The number of benzene rings is 1. The SMILES string of the molecule is CCc1ccccc1Nc1nc(N)nc(CN2CCN(c3ncccn3)CC2)n1. The number of nitrogen functional groups attached to an aromatic ring is 1. The minimum atomic E-state index is 0.225. The molecule has 1 aliphatic heterocycles. The highest BCUT2D eigenvalue weighted by Crippen LogP contribution is 2.20. The second-order valence-electron chi connectivity index (χ2n) is 6.88. The summed E-state index contributed by atoms with van der Waals surface area (Å²) < 4.78 is 0. The molecule has 1 saturated heterocycles. The summed E-state index contributed by atoms with van der Waals surface area (Å²) in [6, 6.07) is 9.95. The van der Waals surface area contributed by atoms with Gasteiger partial charge in [-0.2, -0.15) is 15.0 Å². The molecule has 1 aliphatic rings. The highest BCUT2D eigenvalue weighted by molar-refractivity contribution is 5.58. The average molecular weight is 391 g/mol. The first-order valence-electron chi connectivity index (χ1n) is 9.81. The van der Waals surface area contributed by atoms with Crippen molar-refractivity contribution >= 4 is 23.5 Å². The molecule has 9 nitrogen and oxygen atoms in total. The Balaban J connectivity index is 1.41. The van der Waals surface area contributed by atoms with Gasteiger partial charge in [-0.05, 0) is 24.1 Å². The number of anilines is 4. The molecular formula is C20H25N9. The van der Waals surface area contributed by atoms with Gasteiger partial charge in [0.1, 0.15) is 5.82 Å². The smallest absolute Gasteiger partial charge is 0.232 e. The summed E-state index contributed by atoms with van der Waals surface area (Å²) in [5, 5.41) is 3.28. The third kappa shape index (κ3) is 4.75. The summed E-state index contributed by atoms with van der Waals surface area (Å²) in [6.07, 6.45) is 4.47. The van der Waals surface area contributed by atoms with Crippen LogP contribution < -0.4 is 16.0 Å². The quantitative estimate of drug-likeness (QED) is 0.651. The van der Waals surface area contributed by atoms with Crippen molar-refractivity contribution in [3.8, 4) is 0 Å². The molecule has 0 radical (unpaired) electrons. The van der Waals surface area contributed by atoms with Crippen LogP contribution in [0.5, 0.6) is 0 Å². The van der Waals surface area contributed by atoms with Crippen molar-refractivity contribution in [2.24, 2.45) is 0 Å². The number of aromatic nitrogens is 5. The Labute approximate surface area is 170 Å². The molecule has 0 atom stereocenters. The Morgan fingerprint density at radius 2 is 1.72 bits per heavy atom. The molecule has 0 amide bonds. The Hall–Kier alpha value is -3.33. The minimum Gasteiger partial charge on any atom is -0.368 e. The number of nitrogens with one attached hydrogen (secondary N) is 1. The van der Waals surface area contributed by atoms with Crippen LogP contribution in [-0.2, 0) is 13.0 Å². The molecule has 0 saturated carbocycles. The number of rotatable bonds is 6. The number of aryl methyl sites for hydroxylation is 1. The van der Waals surface area contributed by atoms with Gasteiger partial charge in [-0.3, -0.25) is 4.90 Å². The standard InChI is InChI=1S/C20H25N9/c1-2-15-6-3-4-7-16(15)24-19-26-17(25-18(21)27-19)14-28-10-12-29(13-11-28)20-22-8-5-9-23-20/h3-9H,2,10-14H2,1H3,(H3,21,24,25,26,27). The molecular weight excluding hydrogens is 366 g/mol. The van der Waals surface area contributed by atoms with E-state index in [1.54, 1.807) is 12.4 Å². The monoisotopic (exact) mass is 391 g/mol. The van der Waals surface area contributed by atoms with E-state index in [0.717, 1.165) is 44.2 Å². The highest BCUT2D eigenvalue weighted by atomic mass is 15.3. The van der Waals surface area contributed by atoms with Gasteiger partial charge in [-0.25, -0.2) is 9.97 Å². The van der Waals surface area contributed by atoms with Crippen LogP contribution in [0.3, 0.4) is 0 Å². The zero-order valence-electron chi connectivity index (χ0n) is 16.5. The van der Waals surface area contributed by atoms with Gasteiger partial charge < -0.3 is 16.0 Å². The van der Waals surface area contributed by atoms with Crippen molar-refractivity contribution in [3.05, 3.63) is 54.1 Å². The lowest BCUT2D eigenvalue weighted by Gasteiger charge is -2.34. The fourth-order valence-corrected chi connectivity index (χ4v) is 3.40. The molecule has 3 heterocycles. The van der Waals surface area contributed by atoms with Crippen LogP contribution in [0.1, 0.15) is 18.3 Å². The van der Waals surface area contributed by atoms with Gasteiger partial charge in [-0.1, -0.05) is 25.1 Å². The lowest BCUT2D eigenvalue weighted by atomic mass is 10.1. The first kappa shape index (κ1) is 19.0. The van der Waals surface area contributed by atoms with Gasteiger partial charge in [0.05, 0.1) is 6.54 Å². The Morgan fingerprint density at radius 1 is 0.966 bits per heavy atom. The molecule has 9 heteroatoms. The predicted octanol–water partition coefficient (Wildman–Crippen LogP) is 1.87. The van der Waals surface area contributed by atoms with Crippen molar-refractivity contribution in [1.82, 2.24) is 29.8 Å². The summed E-state index contributed by atoms with van der Waals surface area (Å²) >= 11 is 0. The van der Waals surface area contributed by atoms with Crippen LogP contribution in [0, 0.1) is 0 Å². The van der Waals surface area contributed by atoms with Crippen LogP contribution in [0.2, 0.25) is 0 Å². The lowest BCUT2D eigenvalue weighted by Crippen LogP contribution is -2.46. The number of piperazine rings is 1. The van der Waals surface area contributed by atoms with E-state index in [-0.39, 0.29) is 5.95 Å². The van der Waals surface area contributed by atoms with Crippen molar-refractivity contribution in [2.45, 2.75) is 19.9 Å². The predicted molar refractivity (Wildman–Crippen MR) is 113 cm³/mol. The topological polar surface area (TPSA) is 109 Å². The fourth-order valence-electron chi connectivity index (χ4n) is 3.40. The summed E-state index contributed by atoms with van der Waals surface area (Å²) in [5.41, 5.74) is 8.13. The number of hydrogen-bond acceptors (Lipinski definition) is 9. The number of hydrogen-bond donors (Lipinski definition) is 2. The second kappa shape index (κ2) is 8.78. The largest absolute Gasteiger partial charge is 0.368 e. The molecule has 29 heavy (non-hydrogen) atoms. The first-order valence-corrected chi connectivity index (χ1v) is 9.81. The normalized spacial score (nSPS) is 14.7. The molecule has 1 fully saturated rings.